The van der Waals surface area contributed by atoms with E-state index in [1.54, 1.807) is 0 Å². The van der Waals surface area contributed by atoms with Crippen molar-refractivity contribution in [2.75, 3.05) is 19.7 Å². The predicted octanol–water partition coefficient (Wildman–Crippen LogP) is 1.49. The van der Waals surface area contributed by atoms with Crippen LogP contribution in [0.4, 0.5) is 0 Å². The molecule has 0 saturated carbocycles. The summed E-state index contributed by atoms with van der Waals surface area (Å²) in [6.07, 6.45) is 0.928. The molecule has 104 valence electrons. The highest BCUT2D eigenvalue weighted by atomic mass is 16.5. The van der Waals surface area contributed by atoms with Gasteiger partial charge in [0, 0.05) is 6.54 Å². The smallest absolute Gasteiger partial charge is 0.224 e. The van der Waals surface area contributed by atoms with Crippen molar-refractivity contribution in [3.8, 4) is 5.75 Å². The number of carbonyl (C=O) groups excluding carboxylic acids is 1. The zero-order valence-electron chi connectivity index (χ0n) is 11.6. The molecule has 19 heavy (non-hydrogen) atoms. The molecule has 1 heterocycles. The van der Waals surface area contributed by atoms with E-state index >= 15 is 0 Å². The van der Waals surface area contributed by atoms with Crippen LogP contribution in [0.2, 0.25) is 0 Å². The summed E-state index contributed by atoms with van der Waals surface area (Å²) in [4.78, 5) is 11.9. The van der Waals surface area contributed by atoms with Gasteiger partial charge >= 0.3 is 0 Å². The maximum absolute atomic E-state index is 11.9. The number of aryl methyl sites for hydroxylation is 1. The van der Waals surface area contributed by atoms with E-state index in [4.69, 9.17) is 4.74 Å². The molecule has 0 radical (unpaired) electrons. The number of amides is 1. The molecule has 4 heteroatoms. The van der Waals surface area contributed by atoms with E-state index < -0.39 is 0 Å². The summed E-state index contributed by atoms with van der Waals surface area (Å²) >= 11 is 0. The van der Waals surface area contributed by atoms with Crippen molar-refractivity contribution >= 4 is 5.91 Å². The highest BCUT2D eigenvalue weighted by molar-refractivity contribution is 5.79. The lowest BCUT2D eigenvalue weighted by Crippen LogP contribution is -2.41. The molecule has 1 amide bonds. The summed E-state index contributed by atoms with van der Waals surface area (Å²) < 4.78 is 5.68. The lowest BCUT2D eigenvalue weighted by molar-refractivity contribution is -0.125. The number of nitrogens with one attached hydrogen (secondary N) is 2. The van der Waals surface area contributed by atoms with Crippen LogP contribution >= 0.6 is 0 Å². The Balaban J connectivity index is 1.75. The van der Waals surface area contributed by atoms with Gasteiger partial charge in [-0.1, -0.05) is 12.1 Å². The fraction of sp³-hybridized carbons (Fsp3) is 0.533. The molecule has 1 aromatic rings. The van der Waals surface area contributed by atoms with Crippen LogP contribution in [0.3, 0.4) is 0 Å². The van der Waals surface area contributed by atoms with Gasteiger partial charge < -0.3 is 15.4 Å². The first-order chi connectivity index (χ1) is 9.15. The van der Waals surface area contributed by atoms with Gasteiger partial charge in [0.1, 0.15) is 12.4 Å². The van der Waals surface area contributed by atoms with Crippen molar-refractivity contribution in [1.82, 2.24) is 10.6 Å². The Bertz CT molecular complexity index is 428. The Labute approximate surface area is 114 Å². The molecule has 0 bridgehead atoms. The first kappa shape index (κ1) is 13.9. The van der Waals surface area contributed by atoms with Crippen molar-refractivity contribution in [3.05, 3.63) is 29.8 Å². The monoisotopic (exact) mass is 262 g/mol. The van der Waals surface area contributed by atoms with Crippen LogP contribution in [-0.4, -0.2) is 31.6 Å². The van der Waals surface area contributed by atoms with E-state index in [0.29, 0.717) is 6.61 Å². The van der Waals surface area contributed by atoms with E-state index in [-0.39, 0.29) is 17.9 Å². The summed E-state index contributed by atoms with van der Waals surface area (Å²) in [6.45, 7) is 6.22. The van der Waals surface area contributed by atoms with Gasteiger partial charge in [0.15, 0.2) is 0 Å². The topological polar surface area (TPSA) is 50.4 Å². The molecule has 2 unspecified atom stereocenters. The number of hydrogen-bond donors (Lipinski definition) is 2. The molecule has 2 rings (SSSR count). The number of benzene rings is 1. The van der Waals surface area contributed by atoms with E-state index in [9.17, 15) is 4.79 Å². The molecule has 1 saturated heterocycles. The molecule has 1 aliphatic rings. The minimum Gasteiger partial charge on any atom is -0.491 e. The molecule has 2 N–H and O–H groups in total. The summed E-state index contributed by atoms with van der Waals surface area (Å²) in [6, 6.07) is 7.95. The predicted molar refractivity (Wildman–Crippen MR) is 75.3 cm³/mol. The Morgan fingerprint density at radius 3 is 3.11 bits per heavy atom. The van der Waals surface area contributed by atoms with Crippen molar-refractivity contribution in [1.29, 1.82) is 0 Å². The number of rotatable bonds is 5. The SMILES string of the molecule is Cc1cccc(OCC(C)NC(=O)C2CCNC2)c1. The molecule has 1 fully saturated rings. The third-order valence-electron chi connectivity index (χ3n) is 3.31. The summed E-state index contributed by atoms with van der Waals surface area (Å²) in [7, 11) is 0. The lowest BCUT2D eigenvalue weighted by Gasteiger charge is -2.17. The van der Waals surface area contributed by atoms with Crippen molar-refractivity contribution < 1.29 is 9.53 Å². The van der Waals surface area contributed by atoms with Gasteiger partial charge in [0.2, 0.25) is 5.91 Å². The maximum atomic E-state index is 11.9. The van der Waals surface area contributed by atoms with Crippen LogP contribution in [-0.2, 0) is 4.79 Å². The van der Waals surface area contributed by atoms with Crippen LogP contribution in [0.1, 0.15) is 18.9 Å². The minimum atomic E-state index is 0.0219. The maximum Gasteiger partial charge on any atom is 0.224 e. The van der Waals surface area contributed by atoms with E-state index in [1.165, 1.54) is 5.56 Å². The largest absolute Gasteiger partial charge is 0.491 e. The molecule has 0 spiro atoms. The summed E-state index contributed by atoms with van der Waals surface area (Å²) in [5.74, 6) is 1.09. The van der Waals surface area contributed by atoms with Crippen LogP contribution in [0.5, 0.6) is 5.75 Å². The standard InChI is InChI=1S/C15H22N2O2/c1-11-4-3-5-14(8-11)19-10-12(2)17-15(18)13-6-7-16-9-13/h3-5,8,12-13,16H,6-7,9-10H2,1-2H3,(H,17,18). The molecule has 1 aliphatic heterocycles. The molecule has 2 atom stereocenters. The number of hydrogen-bond acceptors (Lipinski definition) is 3. The number of carbonyl (C=O) groups is 1. The van der Waals surface area contributed by atoms with Gasteiger partial charge in [-0.25, -0.2) is 0 Å². The first-order valence-electron chi connectivity index (χ1n) is 6.85. The van der Waals surface area contributed by atoms with E-state index in [2.05, 4.69) is 10.6 Å². The highest BCUT2D eigenvalue weighted by Gasteiger charge is 2.23. The van der Waals surface area contributed by atoms with Gasteiger partial charge in [0.05, 0.1) is 12.0 Å². The third kappa shape index (κ3) is 4.24. The summed E-state index contributed by atoms with van der Waals surface area (Å²) in [5, 5.41) is 6.20. The van der Waals surface area contributed by atoms with Gasteiger partial charge in [0.25, 0.3) is 0 Å². The van der Waals surface area contributed by atoms with Gasteiger partial charge in [-0.05, 0) is 44.5 Å². The summed E-state index contributed by atoms with van der Waals surface area (Å²) in [5.41, 5.74) is 1.17. The fourth-order valence-electron chi connectivity index (χ4n) is 2.21. The highest BCUT2D eigenvalue weighted by Crippen LogP contribution is 2.13. The van der Waals surface area contributed by atoms with Gasteiger partial charge in [-0.2, -0.15) is 0 Å². The molecule has 0 aliphatic carbocycles. The second-order valence-corrected chi connectivity index (χ2v) is 5.23. The molecule has 0 aromatic heterocycles. The Morgan fingerprint density at radius 1 is 1.58 bits per heavy atom. The van der Waals surface area contributed by atoms with Crippen LogP contribution in [0, 0.1) is 12.8 Å². The van der Waals surface area contributed by atoms with Crippen molar-refractivity contribution in [3.63, 3.8) is 0 Å². The molecular formula is C15H22N2O2. The van der Waals surface area contributed by atoms with Crippen LogP contribution < -0.4 is 15.4 Å². The quantitative estimate of drug-likeness (QED) is 0.845. The van der Waals surface area contributed by atoms with E-state index in [0.717, 1.165) is 25.3 Å². The van der Waals surface area contributed by atoms with Gasteiger partial charge in [-0.15, -0.1) is 0 Å². The minimum absolute atomic E-state index is 0.0219. The Kier molecular flexibility index (Phi) is 4.80. The average molecular weight is 262 g/mol. The second kappa shape index (κ2) is 6.57. The Morgan fingerprint density at radius 2 is 2.42 bits per heavy atom. The molecule has 4 nitrogen and oxygen atoms in total. The van der Waals surface area contributed by atoms with Crippen molar-refractivity contribution in [2.45, 2.75) is 26.3 Å². The number of ether oxygens (including phenoxy) is 1. The first-order valence-corrected chi connectivity index (χ1v) is 6.85. The van der Waals surface area contributed by atoms with Gasteiger partial charge in [-0.3, -0.25) is 4.79 Å². The zero-order valence-corrected chi connectivity index (χ0v) is 11.6. The molecule has 1 aromatic carbocycles. The normalized spacial score (nSPS) is 20.0. The fourth-order valence-corrected chi connectivity index (χ4v) is 2.21. The van der Waals surface area contributed by atoms with Crippen molar-refractivity contribution in [2.24, 2.45) is 5.92 Å². The second-order valence-electron chi connectivity index (χ2n) is 5.23. The average Bonchev–Trinajstić information content (AvgIpc) is 2.90. The van der Waals surface area contributed by atoms with Crippen LogP contribution in [0.25, 0.3) is 0 Å². The third-order valence-corrected chi connectivity index (χ3v) is 3.31. The lowest BCUT2D eigenvalue weighted by atomic mass is 10.1. The zero-order chi connectivity index (χ0) is 13.7. The molecular weight excluding hydrogens is 240 g/mol. The van der Waals surface area contributed by atoms with E-state index in [1.807, 2.05) is 38.1 Å². The Hall–Kier alpha value is -1.55. The van der Waals surface area contributed by atoms with Crippen LogP contribution in [0.15, 0.2) is 24.3 Å².